The minimum Gasteiger partial charge on any atom is -0.611 e. The van der Waals surface area contributed by atoms with Crippen molar-refractivity contribution in [2.45, 2.75) is 71.1 Å². The molecule has 5 rings (SSSR count). The maximum atomic E-state index is 13.4. The summed E-state index contributed by atoms with van der Waals surface area (Å²) in [6, 6.07) is 21.9. The summed E-state index contributed by atoms with van der Waals surface area (Å²) in [7, 11) is 0. The lowest BCUT2D eigenvalue weighted by molar-refractivity contribution is -0.112. The fourth-order valence-corrected chi connectivity index (χ4v) is 7.24. The third-order valence-electron chi connectivity index (χ3n) is 9.33. The molecule has 0 saturated carbocycles. The first-order valence-electron chi connectivity index (χ1n) is 17.9. The van der Waals surface area contributed by atoms with E-state index in [0.717, 1.165) is 79.3 Å². The van der Waals surface area contributed by atoms with Gasteiger partial charge in [-0.15, -0.1) is 0 Å². The third kappa shape index (κ3) is 10.0. The van der Waals surface area contributed by atoms with Crippen molar-refractivity contribution in [1.82, 2.24) is 9.55 Å². The highest BCUT2D eigenvalue weighted by Gasteiger charge is 2.27. The molecule has 1 N–H and O–H groups in total. The molecule has 0 bridgehead atoms. The normalized spacial score (nSPS) is 16.8. The number of benzene rings is 3. The fraction of sp³-hybridized carbons (Fsp3) is 0.415. The Labute approximate surface area is 301 Å². The molecule has 1 saturated heterocycles. The summed E-state index contributed by atoms with van der Waals surface area (Å²) in [6.45, 7) is 15.4. The van der Waals surface area contributed by atoms with Gasteiger partial charge in [-0.3, -0.25) is 4.79 Å². The van der Waals surface area contributed by atoms with Crippen molar-refractivity contribution in [3.8, 4) is 16.9 Å². The van der Waals surface area contributed by atoms with Crippen molar-refractivity contribution in [2.75, 3.05) is 43.1 Å². The number of unbranched alkanes of at least 4 members (excludes halogenated alkanes) is 1. The van der Waals surface area contributed by atoms with Gasteiger partial charge in [-0.25, -0.2) is 4.98 Å². The van der Waals surface area contributed by atoms with Crippen LogP contribution in [0.5, 0.6) is 5.75 Å². The summed E-state index contributed by atoms with van der Waals surface area (Å²) in [4.78, 5) is 20.8. The molecule has 1 aromatic heterocycles. The molecule has 50 heavy (non-hydrogen) atoms. The number of rotatable bonds is 17. The van der Waals surface area contributed by atoms with E-state index >= 15 is 0 Å². The fourth-order valence-electron chi connectivity index (χ4n) is 6.12. The van der Waals surface area contributed by atoms with Gasteiger partial charge in [-0.2, -0.15) is 0 Å². The molecule has 0 spiro atoms. The lowest BCUT2D eigenvalue weighted by atomic mass is 9.99. The monoisotopic (exact) mass is 696 g/mol. The maximum absolute atomic E-state index is 13.4. The molecule has 1 aliphatic rings. The third-order valence-corrected chi connectivity index (χ3v) is 10.7. The molecule has 0 aliphatic carbocycles. The van der Waals surface area contributed by atoms with E-state index in [1.807, 2.05) is 54.0 Å². The SMILES string of the molecule is CCCCOCCOc1ccc(-c2ccc(N3CC(C)C(C)C3)c(/C=C(\C)C(=O)Nc3ccc([S+]([O-])Cc4cncn4CCC)cc3)c2)cc1. The van der Waals surface area contributed by atoms with Crippen LogP contribution in [0.25, 0.3) is 17.2 Å². The number of anilines is 2. The number of aryl methyl sites for hydroxylation is 1. The molecular weight excluding hydrogens is 645 g/mol. The Morgan fingerprint density at radius 1 is 0.960 bits per heavy atom. The lowest BCUT2D eigenvalue weighted by Gasteiger charge is -2.22. The van der Waals surface area contributed by atoms with E-state index in [4.69, 9.17) is 9.47 Å². The lowest BCUT2D eigenvalue weighted by Crippen LogP contribution is -2.20. The van der Waals surface area contributed by atoms with E-state index < -0.39 is 11.2 Å². The second-order valence-electron chi connectivity index (χ2n) is 13.3. The number of ether oxygens (including phenoxy) is 2. The Bertz CT molecular complexity index is 1690. The van der Waals surface area contributed by atoms with Gasteiger partial charge in [0, 0.05) is 43.2 Å². The van der Waals surface area contributed by atoms with Crippen LogP contribution >= 0.6 is 0 Å². The Morgan fingerprint density at radius 2 is 1.68 bits per heavy atom. The first-order chi connectivity index (χ1) is 24.2. The van der Waals surface area contributed by atoms with Crippen LogP contribution in [0.3, 0.4) is 0 Å². The van der Waals surface area contributed by atoms with Gasteiger partial charge in [0.25, 0.3) is 5.91 Å². The van der Waals surface area contributed by atoms with E-state index in [1.165, 1.54) is 0 Å². The van der Waals surface area contributed by atoms with Crippen LogP contribution in [-0.4, -0.2) is 52.9 Å². The van der Waals surface area contributed by atoms with E-state index in [1.54, 1.807) is 12.5 Å². The van der Waals surface area contributed by atoms with Crippen LogP contribution in [0.15, 0.2) is 89.7 Å². The highest BCUT2D eigenvalue weighted by atomic mass is 32.2. The van der Waals surface area contributed by atoms with Crippen molar-refractivity contribution in [1.29, 1.82) is 0 Å². The number of hydrogen-bond acceptors (Lipinski definition) is 6. The summed E-state index contributed by atoms with van der Waals surface area (Å²) in [6.07, 6.45) is 8.73. The highest BCUT2D eigenvalue weighted by molar-refractivity contribution is 7.90. The van der Waals surface area contributed by atoms with Crippen LogP contribution in [0.1, 0.15) is 65.1 Å². The molecular formula is C41H52N4O4S. The molecule has 3 aromatic carbocycles. The van der Waals surface area contributed by atoms with E-state index in [9.17, 15) is 9.35 Å². The second-order valence-corrected chi connectivity index (χ2v) is 14.8. The molecule has 3 unspecified atom stereocenters. The number of amides is 1. The van der Waals surface area contributed by atoms with Crippen molar-refractivity contribution < 1.29 is 18.8 Å². The average molecular weight is 697 g/mol. The zero-order valence-electron chi connectivity index (χ0n) is 30.2. The molecule has 4 aromatic rings. The van der Waals surface area contributed by atoms with Gasteiger partial charge in [0.15, 0.2) is 10.6 Å². The largest absolute Gasteiger partial charge is 0.611 e. The van der Waals surface area contributed by atoms with Gasteiger partial charge in [0.2, 0.25) is 0 Å². The second kappa shape index (κ2) is 18.3. The number of imidazole rings is 1. The zero-order valence-corrected chi connectivity index (χ0v) is 31.0. The number of nitrogens with zero attached hydrogens (tertiary/aromatic N) is 3. The molecule has 1 amide bonds. The van der Waals surface area contributed by atoms with Gasteiger partial charge in [-0.05, 0) is 114 Å². The smallest absolute Gasteiger partial charge is 0.251 e. The van der Waals surface area contributed by atoms with Crippen LogP contribution in [-0.2, 0) is 33.0 Å². The number of carbonyl (C=O) groups is 1. The van der Waals surface area contributed by atoms with Crippen LogP contribution in [0.2, 0.25) is 0 Å². The summed E-state index contributed by atoms with van der Waals surface area (Å²) in [5.41, 5.74) is 6.51. The maximum Gasteiger partial charge on any atom is 0.251 e. The molecule has 8 nitrogen and oxygen atoms in total. The Hall–Kier alpha value is -4.05. The zero-order chi connectivity index (χ0) is 35.5. The van der Waals surface area contributed by atoms with Gasteiger partial charge in [-0.1, -0.05) is 52.3 Å². The van der Waals surface area contributed by atoms with Crippen molar-refractivity contribution in [3.63, 3.8) is 0 Å². The molecule has 2 heterocycles. The Balaban J connectivity index is 1.28. The first kappa shape index (κ1) is 37.2. The minimum absolute atomic E-state index is 0.179. The van der Waals surface area contributed by atoms with Crippen LogP contribution in [0, 0.1) is 11.8 Å². The molecule has 266 valence electrons. The number of hydrogen-bond donors (Lipinski definition) is 1. The first-order valence-corrected chi connectivity index (χ1v) is 19.2. The summed E-state index contributed by atoms with van der Waals surface area (Å²) in [5.74, 6) is 2.22. The van der Waals surface area contributed by atoms with Crippen molar-refractivity contribution >= 4 is 34.5 Å². The van der Waals surface area contributed by atoms with E-state index in [-0.39, 0.29) is 5.91 Å². The minimum atomic E-state index is -1.22. The molecule has 1 aliphatic heterocycles. The predicted molar refractivity (Wildman–Crippen MR) is 205 cm³/mol. The van der Waals surface area contributed by atoms with Crippen molar-refractivity contribution in [2.24, 2.45) is 11.8 Å². The standard InChI is InChI=1S/C41H52N4O4S/c1-6-8-20-48-21-22-49-38-14-9-33(10-15-38)34-11-18-40(45-26-31(4)32(5)27-45)35(24-34)23-30(3)41(46)43-36-12-16-39(17-13-36)50(47)28-37-25-42-29-44(37)19-7-2/h9-18,23-25,29,31-32H,6-8,19-22,26-28H2,1-5H3,(H,43,46)/b30-23+. The summed E-state index contributed by atoms with van der Waals surface area (Å²) < 4.78 is 26.6. The number of aromatic nitrogens is 2. The highest BCUT2D eigenvalue weighted by Crippen LogP contribution is 2.35. The van der Waals surface area contributed by atoms with Crippen molar-refractivity contribution in [3.05, 3.63) is 96.1 Å². The molecule has 1 fully saturated rings. The number of carbonyl (C=O) groups excluding carboxylic acids is 1. The van der Waals surface area contributed by atoms with Gasteiger partial charge >= 0.3 is 0 Å². The van der Waals surface area contributed by atoms with Gasteiger partial charge in [0.1, 0.15) is 12.4 Å². The average Bonchev–Trinajstić information content (AvgIpc) is 3.70. The topological polar surface area (TPSA) is 91.7 Å². The molecule has 3 atom stereocenters. The molecule has 9 heteroatoms. The van der Waals surface area contributed by atoms with E-state index in [0.29, 0.717) is 47.0 Å². The predicted octanol–water partition coefficient (Wildman–Crippen LogP) is 8.60. The Morgan fingerprint density at radius 3 is 2.38 bits per heavy atom. The van der Waals surface area contributed by atoms with Gasteiger partial charge in [0.05, 0.1) is 24.8 Å². The Kier molecular flexibility index (Phi) is 13.6. The van der Waals surface area contributed by atoms with Crippen LogP contribution in [0.4, 0.5) is 11.4 Å². The summed E-state index contributed by atoms with van der Waals surface area (Å²) in [5, 5.41) is 3.03. The van der Waals surface area contributed by atoms with E-state index in [2.05, 4.69) is 73.2 Å². The quantitative estimate of drug-likeness (QED) is 0.0676. The van der Waals surface area contributed by atoms with Crippen LogP contribution < -0.4 is 15.0 Å². The van der Waals surface area contributed by atoms with Gasteiger partial charge < -0.3 is 28.8 Å². The summed E-state index contributed by atoms with van der Waals surface area (Å²) >= 11 is -1.22. The number of nitrogens with one attached hydrogen (secondary N) is 1. The molecule has 0 radical (unpaired) electrons.